The van der Waals surface area contributed by atoms with Crippen LogP contribution in [0.15, 0.2) is 44.0 Å². The molecule has 0 saturated heterocycles. The Bertz CT molecular complexity index is 467. The molecule has 4 heteroatoms. The van der Waals surface area contributed by atoms with Gasteiger partial charge < -0.3 is 5.32 Å². The third-order valence-electron chi connectivity index (χ3n) is 2.42. The van der Waals surface area contributed by atoms with Crippen molar-refractivity contribution in [1.29, 1.82) is 0 Å². The van der Waals surface area contributed by atoms with Crippen LogP contribution in [0.3, 0.4) is 0 Å². The molecule has 0 aliphatic heterocycles. The Morgan fingerprint density at radius 2 is 1.88 bits per heavy atom. The minimum Gasteiger partial charge on any atom is -0.309 e. The van der Waals surface area contributed by atoms with Crippen molar-refractivity contribution >= 4 is 43.2 Å². The maximum absolute atomic E-state index is 3.60. The molecule has 84 valence electrons. The standard InChI is InChI=1S/C12H11Br2NS/c1-15-11(8-5-3-2-4-6-8)9-7-10(13)16-12(9)14/h2-7,11,15H,1H3. The first kappa shape index (κ1) is 12.3. The number of rotatable bonds is 3. The number of thiophene rings is 1. The third-order valence-corrected chi connectivity index (χ3v) is 4.80. The summed E-state index contributed by atoms with van der Waals surface area (Å²) in [5.41, 5.74) is 2.54. The Labute approximate surface area is 116 Å². The minimum absolute atomic E-state index is 0.234. The predicted octanol–water partition coefficient (Wildman–Crippen LogP) is 4.58. The van der Waals surface area contributed by atoms with Crippen LogP contribution in [-0.2, 0) is 0 Å². The number of hydrogen-bond acceptors (Lipinski definition) is 2. The lowest BCUT2D eigenvalue weighted by molar-refractivity contribution is 0.692. The van der Waals surface area contributed by atoms with E-state index in [1.54, 1.807) is 11.3 Å². The molecular formula is C12H11Br2NS. The summed E-state index contributed by atoms with van der Waals surface area (Å²) in [6.45, 7) is 0. The molecule has 0 fully saturated rings. The fourth-order valence-electron chi connectivity index (χ4n) is 1.70. The average Bonchev–Trinajstić information content (AvgIpc) is 2.61. The van der Waals surface area contributed by atoms with Crippen molar-refractivity contribution in [2.45, 2.75) is 6.04 Å². The van der Waals surface area contributed by atoms with Gasteiger partial charge in [0.05, 0.1) is 13.6 Å². The fourth-order valence-corrected chi connectivity index (χ4v) is 4.60. The zero-order valence-corrected chi connectivity index (χ0v) is 12.7. The first-order valence-electron chi connectivity index (χ1n) is 4.89. The molecule has 0 radical (unpaired) electrons. The molecule has 1 atom stereocenters. The molecule has 1 aromatic carbocycles. The van der Waals surface area contributed by atoms with Crippen molar-refractivity contribution < 1.29 is 0 Å². The van der Waals surface area contributed by atoms with E-state index in [0.717, 1.165) is 3.79 Å². The lowest BCUT2D eigenvalue weighted by Crippen LogP contribution is -2.17. The molecule has 16 heavy (non-hydrogen) atoms. The topological polar surface area (TPSA) is 12.0 Å². The molecule has 0 spiro atoms. The van der Waals surface area contributed by atoms with Gasteiger partial charge in [-0.1, -0.05) is 30.3 Å². The molecule has 0 amide bonds. The number of benzene rings is 1. The van der Waals surface area contributed by atoms with E-state index in [1.807, 2.05) is 13.1 Å². The van der Waals surface area contributed by atoms with Gasteiger partial charge in [0.15, 0.2) is 0 Å². The van der Waals surface area contributed by atoms with Crippen LogP contribution in [0.4, 0.5) is 0 Å². The second-order valence-electron chi connectivity index (χ2n) is 3.41. The van der Waals surface area contributed by atoms with Gasteiger partial charge in [0, 0.05) is 0 Å². The van der Waals surface area contributed by atoms with E-state index < -0.39 is 0 Å². The molecule has 2 aromatic rings. The van der Waals surface area contributed by atoms with Crippen molar-refractivity contribution in [3.63, 3.8) is 0 Å². The summed E-state index contributed by atoms with van der Waals surface area (Å²) in [6, 6.07) is 12.8. The van der Waals surface area contributed by atoms with Crippen LogP contribution in [0.2, 0.25) is 0 Å². The summed E-state index contributed by atoms with van der Waals surface area (Å²) < 4.78 is 2.31. The van der Waals surface area contributed by atoms with E-state index in [1.165, 1.54) is 14.9 Å². The highest BCUT2D eigenvalue weighted by Gasteiger charge is 2.16. The van der Waals surface area contributed by atoms with Gasteiger partial charge >= 0.3 is 0 Å². The second kappa shape index (κ2) is 5.45. The first-order valence-corrected chi connectivity index (χ1v) is 7.29. The van der Waals surface area contributed by atoms with E-state index in [2.05, 4.69) is 67.5 Å². The molecule has 1 nitrogen and oxygen atoms in total. The monoisotopic (exact) mass is 359 g/mol. The number of halogens is 2. The summed E-state index contributed by atoms with van der Waals surface area (Å²) in [7, 11) is 1.98. The largest absolute Gasteiger partial charge is 0.309 e. The summed E-state index contributed by atoms with van der Waals surface area (Å²) in [4.78, 5) is 0. The first-order chi connectivity index (χ1) is 7.72. The maximum atomic E-state index is 3.60. The lowest BCUT2D eigenvalue weighted by atomic mass is 10.0. The van der Waals surface area contributed by atoms with Crippen molar-refractivity contribution in [2.24, 2.45) is 0 Å². The summed E-state index contributed by atoms with van der Waals surface area (Å²) >= 11 is 8.82. The van der Waals surface area contributed by atoms with Crippen LogP contribution < -0.4 is 5.32 Å². The molecule has 1 unspecified atom stereocenters. The van der Waals surface area contributed by atoms with Gasteiger partial charge in [-0.2, -0.15) is 0 Å². The van der Waals surface area contributed by atoms with Gasteiger partial charge in [0.1, 0.15) is 0 Å². The Kier molecular flexibility index (Phi) is 4.19. The number of hydrogen-bond donors (Lipinski definition) is 1. The fraction of sp³-hybridized carbons (Fsp3) is 0.167. The van der Waals surface area contributed by atoms with Gasteiger partial charge in [-0.05, 0) is 56.1 Å². The third kappa shape index (κ3) is 2.56. The smallest absolute Gasteiger partial charge is 0.0761 e. The SMILES string of the molecule is CNC(c1ccccc1)c1cc(Br)sc1Br. The normalized spacial score (nSPS) is 12.7. The zero-order chi connectivity index (χ0) is 11.5. The molecule has 1 N–H and O–H groups in total. The van der Waals surface area contributed by atoms with Crippen LogP contribution >= 0.6 is 43.2 Å². The highest BCUT2D eigenvalue weighted by Crippen LogP contribution is 2.37. The molecule has 1 aromatic heterocycles. The van der Waals surface area contributed by atoms with Crippen LogP contribution in [0.5, 0.6) is 0 Å². The molecule has 1 heterocycles. The molecule has 0 saturated carbocycles. The van der Waals surface area contributed by atoms with E-state index in [4.69, 9.17) is 0 Å². The van der Waals surface area contributed by atoms with Gasteiger partial charge in [-0.25, -0.2) is 0 Å². The average molecular weight is 361 g/mol. The van der Waals surface area contributed by atoms with Crippen LogP contribution in [-0.4, -0.2) is 7.05 Å². The van der Waals surface area contributed by atoms with Crippen molar-refractivity contribution in [3.8, 4) is 0 Å². The molecule has 0 aliphatic carbocycles. The Morgan fingerprint density at radius 1 is 1.19 bits per heavy atom. The Morgan fingerprint density at radius 3 is 2.38 bits per heavy atom. The summed E-state index contributed by atoms with van der Waals surface area (Å²) in [5, 5.41) is 3.34. The second-order valence-corrected chi connectivity index (χ2v) is 7.16. The van der Waals surface area contributed by atoms with Gasteiger partial charge in [-0.15, -0.1) is 11.3 Å². The van der Waals surface area contributed by atoms with Crippen LogP contribution in [0.25, 0.3) is 0 Å². The maximum Gasteiger partial charge on any atom is 0.0761 e. The van der Waals surface area contributed by atoms with Crippen molar-refractivity contribution in [3.05, 3.63) is 55.1 Å². The minimum atomic E-state index is 0.234. The quantitative estimate of drug-likeness (QED) is 0.844. The van der Waals surface area contributed by atoms with E-state index in [0.29, 0.717) is 0 Å². The summed E-state index contributed by atoms with van der Waals surface area (Å²) in [5.74, 6) is 0. The van der Waals surface area contributed by atoms with Gasteiger partial charge in [0.25, 0.3) is 0 Å². The highest BCUT2D eigenvalue weighted by molar-refractivity contribution is 9.12. The van der Waals surface area contributed by atoms with Crippen molar-refractivity contribution in [2.75, 3.05) is 7.05 Å². The molecule has 2 rings (SSSR count). The van der Waals surface area contributed by atoms with Crippen LogP contribution in [0, 0.1) is 0 Å². The van der Waals surface area contributed by atoms with E-state index in [-0.39, 0.29) is 6.04 Å². The Hall–Kier alpha value is -0.160. The molecule has 0 aliphatic rings. The number of nitrogens with one attached hydrogen (secondary N) is 1. The predicted molar refractivity (Wildman–Crippen MR) is 77.1 cm³/mol. The highest BCUT2D eigenvalue weighted by atomic mass is 79.9. The van der Waals surface area contributed by atoms with Gasteiger partial charge in [0.2, 0.25) is 0 Å². The Balaban J connectivity index is 2.40. The summed E-state index contributed by atoms with van der Waals surface area (Å²) in [6.07, 6.45) is 0. The zero-order valence-electron chi connectivity index (χ0n) is 8.71. The van der Waals surface area contributed by atoms with Crippen LogP contribution in [0.1, 0.15) is 17.2 Å². The van der Waals surface area contributed by atoms with Gasteiger partial charge in [-0.3, -0.25) is 0 Å². The van der Waals surface area contributed by atoms with E-state index in [9.17, 15) is 0 Å². The molecular weight excluding hydrogens is 350 g/mol. The molecule has 0 bridgehead atoms. The van der Waals surface area contributed by atoms with Crippen molar-refractivity contribution in [1.82, 2.24) is 5.32 Å². The van der Waals surface area contributed by atoms with E-state index >= 15 is 0 Å². The lowest BCUT2D eigenvalue weighted by Gasteiger charge is -2.16.